The van der Waals surface area contributed by atoms with Gasteiger partial charge in [-0.1, -0.05) is 0 Å². The Kier molecular flexibility index (Phi) is 3.21. The summed E-state index contributed by atoms with van der Waals surface area (Å²) < 4.78 is 0. The SMILES string of the molecule is CNC(=O)Nc1nc(C(C)O)cs1. The van der Waals surface area contributed by atoms with Gasteiger partial charge in [-0.3, -0.25) is 5.32 Å². The molecule has 0 aliphatic carbocycles. The molecule has 1 unspecified atom stereocenters. The minimum absolute atomic E-state index is 0.313. The van der Waals surface area contributed by atoms with Crippen molar-refractivity contribution in [3.05, 3.63) is 11.1 Å². The van der Waals surface area contributed by atoms with Gasteiger partial charge in [0, 0.05) is 12.4 Å². The predicted molar refractivity (Wildman–Crippen MR) is 50.8 cm³/mol. The highest BCUT2D eigenvalue weighted by Gasteiger charge is 2.07. The number of hydrogen-bond acceptors (Lipinski definition) is 4. The second-order valence-electron chi connectivity index (χ2n) is 2.46. The highest BCUT2D eigenvalue weighted by Crippen LogP contribution is 2.19. The monoisotopic (exact) mass is 201 g/mol. The van der Waals surface area contributed by atoms with Crippen molar-refractivity contribution in [2.45, 2.75) is 13.0 Å². The lowest BCUT2D eigenvalue weighted by molar-refractivity contribution is 0.195. The van der Waals surface area contributed by atoms with E-state index in [9.17, 15) is 4.79 Å². The summed E-state index contributed by atoms with van der Waals surface area (Å²) in [7, 11) is 1.53. The van der Waals surface area contributed by atoms with E-state index >= 15 is 0 Å². The van der Waals surface area contributed by atoms with Gasteiger partial charge in [0.05, 0.1) is 11.8 Å². The molecule has 0 spiro atoms. The summed E-state index contributed by atoms with van der Waals surface area (Å²) in [6.07, 6.45) is -0.600. The molecule has 3 N–H and O–H groups in total. The van der Waals surface area contributed by atoms with Crippen molar-refractivity contribution in [1.29, 1.82) is 0 Å². The minimum atomic E-state index is -0.600. The molecule has 1 heterocycles. The van der Waals surface area contributed by atoms with Gasteiger partial charge in [-0.15, -0.1) is 11.3 Å². The molecule has 0 bridgehead atoms. The number of hydrogen-bond donors (Lipinski definition) is 3. The molecule has 1 aromatic heterocycles. The molecule has 1 rings (SSSR count). The van der Waals surface area contributed by atoms with Crippen LogP contribution in [0.1, 0.15) is 18.7 Å². The highest BCUT2D eigenvalue weighted by molar-refractivity contribution is 7.13. The normalized spacial score (nSPS) is 12.2. The highest BCUT2D eigenvalue weighted by atomic mass is 32.1. The van der Waals surface area contributed by atoms with Crippen molar-refractivity contribution in [3.8, 4) is 0 Å². The van der Waals surface area contributed by atoms with Crippen molar-refractivity contribution < 1.29 is 9.90 Å². The van der Waals surface area contributed by atoms with Crippen LogP contribution in [0, 0.1) is 0 Å². The fourth-order valence-electron chi connectivity index (χ4n) is 0.695. The van der Waals surface area contributed by atoms with E-state index in [1.165, 1.54) is 18.4 Å². The molecular weight excluding hydrogens is 190 g/mol. The molecule has 0 radical (unpaired) electrons. The molecule has 5 nitrogen and oxygen atoms in total. The summed E-state index contributed by atoms with van der Waals surface area (Å²) >= 11 is 1.28. The van der Waals surface area contributed by atoms with Crippen LogP contribution in [0.25, 0.3) is 0 Å². The molecule has 2 amide bonds. The Bertz CT molecular complexity index is 298. The molecule has 1 aromatic rings. The average Bonchev–Trinajstić information content (AvgIpc) is 2.52. The van der Waals surface area contributed by atoms with E-state index in [0.717, 1.165) is 0 Å². The van der Waals surface area contributed by atoms with Gasteiger partial charge in [-0.25, -0.2) is 9.78 Å². The van der Waals surface area contributed by atoms with Crippen LogP contribution in [0.15, 0.2) is 5.38 Å². The third-order valence-corrected chi connectivity index (χ3v) is 2.17. The zero-order chi connectivity index (χ0) is 9.84. The molecule has 0 saturated heterocycles. The lowest BCUT2D eigenvalue weighted by Crippen LogP contribution is -2.24. The van der Waals surface area contributed by atoms with Crippen molar-refractivity contribution in [2.24, 2.45) is 0 Å². The molecule has 0 aromatic carbocycles. The van der Waals surface area contributed by atoms with Crippen LogP contribution in [0.4, 0.5) is 9.93 Å². The van der Waals surface area contributed by atoms with Gasteiger partial charge in [-0.05, 0) is 6.92 Å². The van der Waals surface area contributed by atoms with Gasteiger partial charge in [0.1, 0.15) is 0 Å². The maximum atomic E-state index is 10.8. The molecule has 6 heteroatoms. The number of aliphatic hydroxyl groups excluding tert-OH is 1. The Morgan fingerprint density at radius 2 is 2.46 bits per heavy atom. The summed E-state index contributed by atoms with van der Waals surface area (Å²) in [6.45, 7) is 1.62. The second kappa shape index (κ2) is 4.20. The number of nitrogens with one attached hydrogen (secondary N) is 2. The number of nitrogens with zero attached hydrogens (tertiary/aromatic N) is 1. The zero-order valence-corrected chi connectivity index (χ0v) is 8.18. The molecule has 72 valence electrons. The maximum absolute atomic E-state index is 10.8. The van der Waals surface area contributed by atoms with Gasteiger partial charge >= 0.3 is 6.03 Å². The van der Waals surface area contributed by atoms with E-state index in [1.807, 2.05) is 0 Å². The van der Waals surface area contributed by atoms with E-state index in [1.54, 1.807) is 12.3 Å². The first kappa shape index (κ1) is 9.94. The molecule has 13 heavy (non-hydrogen) atoms. The summed E-state index contributed by atoms with van der Waals surface area (Å²) in [5, 5.41) is 16.2. The van der Waals surface area contributed by atoms with E-state index in [4.69, 9.17) is 5.11 Å². The van der Waals surface area contributed by atoms with Crippen molar-refractivity contribution in [1.82, 2.24) is 10.3 Å². The van der Waals surface area contributed by atoms with Gasteiger partial charge in [0.15, 0.2) is 5.13 Å². The predicted octanol–water partition coefficient (Wildman–Crippen LogP) is 0.948. The van der Waals surface area contributed by atoms with E-state index in [-0.39, 0.29) is 6.03 Å². The Morgan fingerprint density at radius 1 is 1.77 bits per heavy atom. The van der Waals surface area contributed by atoms with E-state index in [2.05, 4.69) is 15.6 Å². The molecule has 0 fully saturated rings. The number of carbonyl (C=O) groups excluding carboxylic acids is 1. The standard InChI is InChI=1S/C7H11N3O2S/c1-4(11)5-3-13-7(9-5)10-6(12)8-2/h3-4,11H,1-2H3,(H2,8,9,10,12). The molecular formula is C7H11N3O2S. The number of anilines is 1. The molecule has 1 atom stereocenters. The second-order valence-corrected chi connectivity index (χ2v) is 3.32. The van der Waals surface area contributed by atoms with E-state index < -0.39 is 6.10 Å². The molecule has 0 aliphatic heterocycles. The van der Waals surface area contributed by atoms with Crippen LogP contribution >= 0.6 is 11.3 Å². The van der Waals surface area contributed by atoms with Gasteiger partial charge < -0.3 is 10.4 Å². The van der Waals surface area contributed by atoms with E-state index in [0.29, 0.717) is 10.8 Å². The molecule has 0 saturated carbocycles. The van der Waals surface area contributed by atoms with Crippen LogP contribution < -0.4 is 10.6 Å². The fourth-order valence-corrected chi connectivity index (χ4v) is 1.49. The third kappa shape index (κ3) is 2.67. The van der Waals surface area contributed by atoms with Gasteiger partial charge in [-0.2, -0.15) is 0 Å². The van der Waals surface area contributed by atoms with Crippen LogP contribution in [0.2, 0.25) is 0 Å². The number of carbonyl (C=O) groups is 1. The smallest absolute Gasteiger partial charge is 0.320 e. The summed E-state index contributed by atoms with van der Waals surface area (Å²) in [5.74, 6) is 0. The average molecular weight is 201 g/mol. The molecule has 0 aliphatic rings. The third-order valence-electron chi connectivity index (χ3n) is 1.40. The van der Waals surface area contributed by atoms with Crippen molar-refractivity contribution in [2.75, 3.05) is 12.4 Å². The van der Waals surface area contributed by atoms with Gasteiger partial charge in [0.2, 0.25) is 0 Å². The Morgan fingerprint density at radius 3 is 2.92 bits per heavy atom. The van der Waals surface area contributed by atoms with Crippen LogP contribution in [-0.2, 0) is 0 Å². The summed E-state index contributed by atoms with van der Waals surface area (Å²) in [4.78, 5) is 14.8. The summed E-state index contributed by atoms with van der Waals surface area (Å²) in [5.41, 5.74) is 0.566. The van der Waals surface area contributed by atoms with Crippen molar-refractivity contribution >= 4 is 22.5 Å². The number of aliphatic hydroxyl groups is 1. The number of thiazole rings is 1. The number of urea groups is 1. The quantitative estimate of drug-likeness (QED) is 0.666. The summed E-state index contributed by atoms with van der Waals surface area (Å²) in [6, 6.07) is -0.313. The van der Waals surface area contributed by atoms with Crippen molar-refractivity contribution in [3.63, 3.8) is 0 Å². The Hall–Kier alpha value is -1.14. The lowest BCUT2D eigenvalue weighted by Gasteiger charge is -1.99. The van der Waals surface area contributed by atoms with Crippen LogP contribution in [0.5, 0.6) is 0 Å². The number of rotatable bonds is 2. The lowest BCUT2D eigenvalue weighted by atomic mass is 10.3. The number of aromatic nitrogens is 1. The first-order valence-electron chi connectivity index (χ1n) is 3.75. The van der Waals surface area contributed by atoms with Gasteiger partial charge in [0.25, 0.3) is 0 Å². The first-order chi connectivity index (χ1) is 6.13. The van der Waals surface area contributed by atoms with Crippen LogP contribution in [-0.4, -0.2) is 23.2 Å². The maximum Gasteiger partial charge on any atom is 0.320 e. The first-order valence-corrected chi connectivity index (χ1v) is 4.63. The largest absolute Gasteiger partial charge is 0.387 e. The zero-order valence-electron chi connectivity index (χ0n) is 7.37. The minimum Gasteiger partial charge on any atom is -0.387 e. The van der Waals surface area contributed by atoms with Crippen LogP contribution in [0.3, 0.4) is 0 Å². The number of amides is 2. The Balaban J connectivity index is 2.64. The topological polar surface area (TPSA) is 74.2 Å². The Labute approximate surface area is 79.8 Å². The fraction of sp³-hybridized carbons (Fsp3) is 0.429.